The van der Waals surface area contributed by atoms with E-state index in [0.717, 1.165) is 0 Å². The maximum Gasteiger partial charge on any atom is 0.230 e. The molecule has 9 heteroatoms. The van der Waals surface area contributed by atoms with E-state index < -0.39 is 5.82 Å². The van der Waals surface area contributed by atoms with Crippen LogP contribution < -0.4 is 15.4 Å². The van der Waals surface area contributed by atoms with E-state index in [1.54, 1.807) is 19.2 Å². The molecule has 3 aromatic rings. The molecule has 0 unspecified atom stereocenters. The molecule has 0 aliphatic heterocycles. The predicted molar refractivity (Wildman–Crippen MR) is 114 cm³/mol. The highest BCUT2D eigenvalue weighted by Crippen LogP contribution is 2.32. The van der Waals surface area contributed by atoms with Crippen molar-refractivity contribution in [2.75, 3.05) is 31.4 Å². The first-order chi connectivity index (χ1) is 14.3. The largest absolute Gasteiger partial charge is 0.494 e. The zero-order valence-electron chi connectivity index (χ0n) is 17.7. The lowest BCUT2D eigenvalue weighted by Crippen LogP contribution is -2.07. The molecule has 0 aliphatic carbocycles. The van der Waals surface area contributed by atoms with Gasteiger partial charge in [-0.05, 0) is 12.0 Å². The molecule has 2 heterocycles. The molecule has 8 nitrogen and oxygen atoms in total. The highest BCUT2D eigenvalue weighted by molar-refractivity contribution is 5.94. The molecular formula is C21H26FN5O3. The van der Waals surface area contributed by atoms with Gasteiger partial charge in [-0.1, -0.05) is 13.8 Å². The smallest absolute Gasteiger partial charge is 0.230 e. The SMILES string of the molecule is CNc1cc(Nc2cc(COCC(C)C)c(F)cc2OC)nc2c1ncn2C(C)=O. The Hall–Kier alpha value is -3.20. The summed E-state index contributed by atoms with van der Waals surface area (Å²) in [7, 11) is 3.23. The molecule has 2 aromatic heterocycles. The molecule has 1 aromatic carbocycles. The van der Waals surface area contributed by atoms with Gasteiger partial charge in [0.25, 0.3) is 0 Å². The minimum absolute atomic E-state index is 0.147. The molecule has 0 amide bonds. The van der Waals surface area contributed by atoms with Crippen LogP contribution in [0.2, 0.25) is 0 Å². The number of nitrogens with zero attached hydrogens (tertiary/aromatic N) is 3. The van der Waals surface area contributed by atoms with Gasteiger partial charge in [-0.2, -0.15) is 0 Å². The van der Waals surface area contributed by atoms with Gasteiger partial charge in [-0.15, -0.1) is 0 Å². The fraction of sp³-hybridized carbons (Fsp3) is 0.381. The van der Waals surface area contributed by atoms with Crippen molar-refractivity contribution >= 4 is 34.3 Å². The molecular weight excluding hydrogens is 389 g/mol. The van der Waals surface area contributed by atoms with Crippen molar-refractivity contribution in [3.63, 3.8) is 0 Å². The zero-order valence-corrected chi connectivity index (χ0v) is 17.7. The number of imidazole rings is 1. The van der Waals surface area contributed by atoms with E-state index in [-0.39, 0.29) is 12.5 Å². The van der Waals surface area contributed by atoms with E-state index >= 15 is 0 Å². The number of nitrogens with one attached hydrogen (secondary N) is 2. The van der Waals surface area contributed by atoms with Gasteiger partial charge in [0.15, 0.2) is 5.65 Å². The van der Waals surface area contributed by atoms with Gasteiger partial charge in [0.05, 0.1) is 25.1 Å². The van der Waals surface area contributed by atoms with Crippen molar-refractivity contribution < 1.29 is 18.7 Å². The Kier molecular flexibility index (Phi) is 6.51. The summed E-state index contributed by atoms with van der Waals surface area (Å²) in [6, 6.07) is 4.72. The Bertz CT molecular complexity index is 1060. The molecule has 0 spiro atoms. The molecule has 0 aliphatic rings. The summed E-state index contributed by atoms with van der Waals surface area (Å²) >= 11 is 0. The van der Waals surface area contributed by atoms with Crippen LogP contribution in [-0.2, 0) is 11.3 Å². The topological polar surface area (TPSA) is 90.3 Å². The van der Waals surface area contributed by atoms with E-state index in [9.17, 15) is 9.18 Å². The molecule has 30 heavy (non-hydrogen) atoms. The number of hydrogen-bond acceptors (Lipinski definition) is 7. The first kappa shape index (κ1) is 21.5. The number of carbonyl (C=O) groups is 1. The molecule has 3 rings (SSSR count). The van der Waals surface area contributed by atoms with Gasteiger partial charge in [-0.25, -0.2) is 14.4 Å². The molecule has 0 fully saturated rings. The number of benzene rings is 1. The van der Waals surface area contributed by atoms with Crippen LogP contribution in [-0.4, -0.2) is 41.2 Å². The monoisotopic (exact) mass is 415 g/mol. The van der Waals surface area contributed by atoms with Crippen molar-refractivity contribution in [2.24, 2.45) is 5.92 Å². The van der Waals surface area contributed by atoms with Crippen LogP contribution >= 0.6 is 0 Å². The second-order valence-corrected chi connectivity index (χ2v) is 7.29. The van der Waals surface area contributed by atoms with Crippen LogP contribution in [0.4, 0.5) is 21.6 Å². The Balaban J connectivity index is 1.99. The van der Waals surface area contributed by atoms with Gasteiger partial charge >= 0.3 is 0 Å². The average molecular weight is 415 g/mol. The first-order valence-electron chi connectivity index (χ1n) is 9.62. The van der Waals surface area contributed by atoms with E-state index in [4.69, 9.17) is 9.47 Å². The highest BCUT2D eigenvalue weighted by atomic mass is 19.1. The number of aromatic nitrogens is 3. The summed E-state index contributed by atoms with van der Waals surface area (Å²) in [6.07, 6.45) is 1.44. The number of methoxy groups -OCH3 is 1. The normalized spacial score (nSPS) is 11.2. The molecule has 2 N–H and O–H groups in total. The number of fused-ring (bicyclic) bond motifs is 1. The molecule has 0 radical (unpaired) electrons. The summed E-state index contributed by atoms with van der Waals surface area (Å²) in [5.74, 6) is 0.524. The van der Waals surface area contributed by atoms with E-state index in [2.05, 4.69) is 20.6 Å². The third-order valence-electron chi connectivity index (χ3n) is 4.45. The molecule has 0 saturated heterocycles. The summed E-state index contributed by atoms with van der Waals surface area (Å²) < 4.78 is 26.7. The Morgan fingerprint density at radius 2 is 2.03 bits per heavy atom. The molecule has 0 bridgehead atoms. The van der Waals surface area contributed by atoms with Crippen LogP contribution in [0.1, 0.15) is 31.1 Å². The number of pyridine rings is 1. The second-order valence-electron chi connectivity index (χ2n) is 7.29. The van der Waals surface area contributed by atoms with Crippen LogP contribution in [0.25, 0.3) is 11.2 Å². The van der Waals surface area contributed by atoms with E-state index in [1.807, 2.05) is 13.8 Å². The van der Waals surface area contributed by atoms with Crippen molar-refractivity contribution in [3.05, 3.63) is 35.9 Å². The number of anilines is 3. The Labute approximate surface area is 174 Å². The molecule has 0 saturated carbocycles. The Morgan fingerprint density at radius 3 is 2.67 bits per heavy atom. The summed E-state index contributed by atoms with van der Waals surface area (Å²) in [5, 5.41) is 6.22. The predicted octanol–water partition coefficient (Wildman–Crippen LogP) is 4.20. The van der Waals surface area contributed by atoms with Crippen LogP contribution in [0, 0.1) is 11.7 Å². The summed E-state index contributed by atoms with van der Waals surface area (Å²) in [4.78, 5) is 20.7. The van der Waals surface area contributed by atoms with Crippen LogP contribution in [0.5, 0.6) is 5.75 Å². The van der Waals surface area contributed by atoms with Gasteiger partial charge in [-0.3, -0.25) is 9.36 Å². The number of rotatable bonds is 8. The summed E-state index contributed by atoms with van der Waals surface area (Å²) in [6.45, 7) is 6.18. The third-order valence-corrected chi connectivity index (χ3v) is 4.45. The van der Waals surface area contributed by atoms with E-state index in [0.29, 0.717) is 52.2 Å². The third kappa shape index (κ3) is 4.51. The zero-order chi connectivity index (χ0) is 21.8. The quantitative estimate of drug-likeness (QED) is 0.570. The molecule has 0 atom stereocenters. The van der Waals surface area contributed by atoms with Gasteiger partial charge in [0.2, 0.25) is 5.91 Å². The highest BCUT2D eigenvalue weighted by Gasteiger charge is 2.16. The van der Waals surface area contributed by atoms with Crippen LogP contribution in [0.3, 0.4) is 0 Å². The fourth-order valence-electron chi connectivity index (χ4n) is 2.99. The fourth-order valence-corrected chi connectivity index (χ4v) is 2.99. The van der Waals surface area contributed by atoms with Crippen molar-refractivity contribution in [1.29, 1.82) is 0 Å². The number of ether oxygens (including phenoxy) is 2. The van der Waals surface area contributed by atoms with Gasteiger partial charge in [0.1, 0.15) is 29.2 Å². The van der Waals surface area contributed by atoms with Crippen LogP contribution in [0.15, 0.2) is 24.5 Å². The maximum atomic E-state index is 14.4. The Morgan fingerprint density at radius 1 is 1.27 bits per heavy atom. The van der Waals surface area contributed by atoms with E-state index in [1.165, 1.54) is 31.0 Å². The average Bonchev–Trinajstić information content (AvgIpc) is 3.13. The lowest BCUT2D eigenvalue weighted by molar-refractivity contribution is 0.0940. The van der Waals surface area contributed by atoms with Crippen molar-refractivity contribution in [2.45, 2.75) is 27.4 Å². The van der Waals surface area contributed by atoms with Gasteiger partial charge < -0.3 is 20.1 Å². The number of hydrogen-bond donors (Lipinski definition) is 2. The maximum absolute atomic E-state index is 14.4. The lowest BCUT2D eigenvalue weighted by Gasteiger charge is -2.15. The summed E-state index contributed by atoms with van der Waals surface area (Å²) in [5.41, 5.74) is 2.63. The minimum atomic E-state index is -0.407. The minimum Gasteiger partial charge on any atom is -0.494 e. The number of carbonyl (C=O) groups excluding carboxylic acids is 1. The first-order valence-corrected chi connectivity index (χ1v) is 9.62. The number of halogens is 1. The standard InChI is InChI=1S/C21H26FN5O3/c1-12(2)9-30-10-14-6-16(18(29-5)7-15(14)22)25-19-8-17(23-4)20-21(26-19)27(11-24-20)13(3)28/h6-8,11-12H,9-10H2,1-5H3,(H2,23,25,26). The lowest BCUT2D eigenvalue weighted by atomic mass is 10.1. The molecule has 160 valence electrons. The van der Waals surface area contributed by atoms with Crippen molar-refractivity contribution in [3.8, 4) is 5.75 Å². The second kappa shape index (κ2) is 9.08. The van der Waals surface area contributed by atoms with Crippen molar-refractivity contribution in [1.82, 2.24) is 14.5 Å². The van der Waals surface area contributed by atoms with Gasteiger partial charge in [0, 0.05) is 38.3 Å².